The van der Waals surface area contributed by atoms with Crippen LogP contribution in [-0.4, -0.2) is 11.3 Å². The molecule has 7 heteroatoms. The number of benzene rings is 1. The number of alkyl halides is 2. The van der Waals surface area contributed by atoms with E-state index in [-0.39, 0.29) is 0 Å². The van der Waals surface area contributed by atoms with Gasteiger partial charge in [0.05, 0.1) is 16.5 Å². The number of hydrogen-bond donors (Lipinski definition) is 1. The predicted octanol–water partition coefficient (Wildman–Crippen LogP) is 2.00. The molecule has 0 aliphatic carbocycles. The maximum absolute atomic E-state index is 12.7. The highest BCUT2D eigenvalue weighted by Crippen LogP contribution is 2.27. The average molecular weight is 220 g/mol. The van der Waals surface area contributed by atoms with Crippen molar-refractivity contribution in [3.05, 3.63) is 39.7 Å². The van der Waals surface area contributed by atoms with Crippen LogP contribution in [0.3, 0.4) is 0 Å². The SMILES string of the molecule is N[C@@H](c1cc(F)ccc1[N+](=O)[O-])C(F)F. The summed E-state index contributed by atoms with van der Waals surface area (Å²) in [4.78, 5) is 9.56. The van der Waals surface area contributed by atoms with Gasteiger partial charge in [-0.05, 0) is 12.1 Å². The summed E-state index contributed by atoms with van der Waals surface area (Å²) in [6.07, 6.45) is -2.98. The zero-order valence-electron chi connectivity index (χ0n) is 7.36. The normalized spacial score (nSPS) is 12.9. The maximum Gasteiger partial charge on any atom is 0.274 e. The molecule has 15 heavy (non-hydrogen) atoms. The van der Waals surface area contributed by atoms with Gasteiger partial charge in [0.25, 0.3) is 12.1 Å². The lowest BCUT2D eigenvalue weighted by Gasteiger charge is -2.10. The Bertz CT molecular complexity index is 384. The van der Waals surface area contributed by atoms with Crippen LogP contribution in [0.25, 0.3) is 0 Å². The van der Waals surface area contributed by atoms with Crippen LogP contribution in [0, 0.1) is 15.9 Å². The van der Waals surface area contributed by atoms with Crippen molar-refractivity contribution in [3.8, 4) is 0 Å². The van der Waals surface area contributed by atoms with Crippen molar-refractivity contribution in [2.24, 2.45) is 5.73 Å². The van der Waals surface area contributed by atoms with Gasteiger partial charge in [0, 0.05) is 6.07 Å². The van der Waals surface area contributed by atoms with Crippen LogP contribution in [0.1, 0.15) is 11.6 Å². The van der Waals surface area contributed by atoms with Crippen LogP contribution in [0.4, 0.5) is 18.9 Å². The summed E-state index contributed by atoms with van der Waals surface area (Å²) in [5.74, 6) is -0.841. The van der Waals surface area contributed by atoms with E-state index in [1.807, 2.05) is 0 Å². The Labute approximate surface area is 82.7 Å². The van der Waals surface area contributed by atoms with E-state index >= 15 is 0 Å². The van der Waals surface area contributed by atoms with Crippen molar-refractivity contribution in [2.45, 2.75) is 12.5 Å². The molecule has 2 N–H and O–H groups in total. The highest BCUT2D eigenvalue weighted by Gasteiger charge is 2.26. The lowest BCUT2D eigenvalue weighted by Crippen LogP contribution is -2.20. The molecule has 82 valence electrons. The number of nitro benzene ring substituents is 1. The minimum atomic E-state index is -2.98. The zero-order chi connectivity index (χ0) is 11.6. The summed E-state index contributed by atoms with van der Waals surface area (Å²) in [6, 6.07) is 0.419. The van der Waals surface area contributed by atoms with Crippen molar-refractivity contribution in [1.82, 2.24) is 0 Å². The average Bonchev–Trinajstić information content (AvgIpc) is 2.15. The Morgan fingerprint density at radius 1 is 1.40 bits per heavy atom. The van der Waals surface area contributed by atoms with Gasteiger partial charge < -0.3 is 5.73 Å². The molecular formula is C8H7F3N2O2. The molecular weight excluding hydrogens is 213 g/mol. The monoisotopic (exact) mass is 220 g/mol. The van der Waals surface area contributed by atoms with E-state index in [2.05, 4.69) is 0 Å². The van der Waals surface area contributed by atoms with Gasteiger partial charge in [-0.3, -0.25) is 10.1 Å². The quantitative estimate of drug-likeness (QED) is 0.625. The summed E-state index contributed by atoms with van der Waals surface area (Å²) >= 11 is 0. The van der Waals surface area contributed by atoms with E-state index in [0.717, 1.165) is 12.1 Å². The molecule has 1 aromatic carbocycles. The fourth-order valence-corrected chi connectivity index (χ4v) is 1.09. The molecule has 1 aromatic rings. The summed E-state index contributed by atoms with van der Waals surface area (Å²) in [5, 5.41) is 10.4. The molecule has 0 aromatic heterocycles. The van der Waals surface area contributed by atoms with Crippen LogP contribution in [0.15, 0.2) is 18.2 Å². The Balaban J connectivity index is 3.24. The van der Waals surface area contributed by atoms with Crippen molar-refractivity contribution in [3.63, 3.8) is 0 Å². The molecule has 0 heterocycles. The second kappa shape index (κ2) is 4.26. The van der Waals surface area contributed by atoms with Gasteiger partial charge in [-0.1, -0.05) is 0 Å². The third-order valence-electron chi connectivity index (χ3n) is 1.82. The topological polar surface area (TPSA) is 69.2 Å². The first-order valence-electron chi connectivity index (χ1n) is 3.91. The molecule has 0 unspecified atom stereocenters. The second-order valence-electron chi connectivity index (χ2n) is 2.82. The molecule has 1 rings (SSSR count). The highest BCUT2D eigenvalue weighted by atomic mass is 19.3. The van der Waals surface area contributed by atoms with E-state index in [1.54, 1.807) is 0 Å². The molecule has 0 bridgehead atoms. The van der Waals surface area contributed by atoms with Crippen molar-refractivity contribution >= 4 is 5.69 Å². The van der Waals surface area contributed by atoms with Gasteiger partial charge in [0.1, 0.15) is 5.82 Å². The fraction of sp³-hybridized carbons (Fsp3) is 0.250. The summed E-state index contributed by atoms with van der Waals surface area (Å²) < 4.78 is 37.1. The van der Waals surface area contributed by atoms with Gasteiger partial charge in [0.2, 0.25) is 0 Å². The van der Waals surface area contributed by atoms with E-state index in [1.165, 1.54) is 0 Å². The first kappa shape index (κ1) is 11.4. The highest BCUT2D eigenvalue weighted by molar-refractivity contribution is 5.42. The molecule has 0 amide bonds. The van der Waals surface area contributed by atoms with Crippen LogP contribution in [-0.2, 0) is 0 Å². The molecule has 0 radical (unpaired) electrons. The molecule has 0 saturated carbocycles. The Kier molecular flexibility index (Phi) is 3.25. The third kappa shape index (κ3) is 2.44. The van der Waals surface area contributed by atoms with Gasteiger partial charge >= 0.3 is 0 Å². The standard InChI is InChI=1S/C8H7F3N2O2/c9-4-1-2-6(13(14)15)5(3-4)7(12)8(10)11/h1-3,7-8H,12H2/t7-/m0/s1. The van der Waals surface area contributed by atoms with E-state index in [4.69, 9.17) is 5.73 Å². The van der Waals surface area contributed by atoms with Gasteiger partial charge in [-0.2, -0.15) is 0 Å². The van der Waals surface area contributed by atoms with Crippen LogP contribution < -0.4 is 5.73 Å². The summed E-state index contributed by atoms with van der Waals surface area (Å²) in [5.41, 5.74) is 3.91. The van der Waals surface area contributed by atoms with Crippen molar-refractivity contribution in [1.29, 1.82) is 0 Å². The number of nitrogens with two attached hydrogens (primary N) is 1. The number of rotatable bonds is 3. The Hall–Kier alpha value is -1.63. The van der Waals surface area contributed by atoms with Gasteiger partial charge in [-0.25, -0.2) is 13.2 Å². The summed E-state index contributed by atoms with van der Waals surface area (Å²) in [6.45, 7) is 0. The van der Waals surface area contributed by atoms with Crippen LogP contribution in [0.2, 0.25) is 0 Å². The number of halogens is 3. The molecule has 0 spiro atoms. The molecule has 0 saturated heterocycles. The van der Waals surface area contributed by atoms with Crippen molar-refractivity contribution < 1.29 is 18.1 Å². The molecule has 0 fully saturated rings. The smallest absolute Gasteiger partial charge is 0.274 e. The lowest BCUT2D eigenvalue weighted by atomic mass is 10.1. The summed E-state index contributed by atoms with van der Waals surface area (Å²) in [7, 11) is 0. The van der Waals surface area contributed by atoms with Crippen molar-refractivity contribution in [2.75, 3.05) is 0 Å². The molecule has 1 atom stereocenters. The molecule has 4 nitrogen and oxygen atoms in total. The largest absolute Gasteiger partial charge is 0.319 e. The number of nitro groups is 1. The minimum absolute atomic E-state index is 0.505. The fourth-order valence-electron chi connectivity index (χ4n) is 1.09. The zero-order valence-corrected chi connectivity index (χ0v) is 7.36. The van der Waals surface area contributed by atoms with E-state index < -0.39 is 34.5 Å². The maximum atomic E-state index is 12.7. The first-order chi connectivity index (χ1) is 6.93. The van der Waals surface area contributed by atoms with Crippen LogP contribution >= 0.6 is 0 Å². The Morgan fingerprint density at radius 3 is 2.47 bits per heavy atom. The van der Waals surface area contributed by atoms with Gasteiger partial charge in [-0.15, -0.1) is 0 Å². The van der Waals surface area contributed by atoms with Gasteiger partial charge in [0.15, 0.2) is 0 Å². The lowest BCUT2D eigenvalue weighted by molar-refractivity contribution is -0.385. The number of nitrogens with zero attached hydrogens (tertiary/aromatic N) is 1. The van der Waals surface area contributed by atoms with E-state index in [0.29, 0.717) is 6.07 Å². The predicted molar refractivity (Wildman–Crippen MR) is 46.0 cm³/mol. The molecule has 0 aliphatic heterocycles. The first-order valence-corrected chi connectivity index (χ1v) is 3.91. The third-order valence-corrected chi connectivity index (χ3v) is 1.82. The Morgan fingerprint density at radius 2 is 2.00 bits per heavy atom. The number of hydrogen-bond acceptors (Lipinski definition) is 3. The molecule has 0 aliphatic rings. The van der Waals surface area contributed by atoms with E-state index in [9.17, 15) is 23.3 Å². The van der Waals surface area contributed by atoms with Crippen LogP contribution in [0.5, 0.6) is 0 Å². The second-order valence-corrected chi connectivity index (χ2v) is 2.82. The minimum Gasteiger partial charge on any atom is -0.319 e.